The Bertz CT molecular complexity index is 308. The highest BCUT2D eigenvalue weighted by atomic mass is 16.4. The molecule has 1 atom stereocenters. The molecule has 2 N–H and O–H groups in total. The minimum Gasteiger partial charge on any atom is -0.481 e. The van der Waals surface area contributed by atoms with Crippen LogP contribution in [-0.2, 0) is 10.4 Å². The Morgan fingerprint density at radius 3 is 2.36 bits per heavy atom. The number of carboxylic acid groups (broad SMARTS) is 1. The first-order valence-corrected chi connectivity index (χ1v) is 4.58. The molecule has 1 aromatic rings. The summed E-state index contributed by atoms with van der Waals surface area (Å²) in [7, 11) is 0. The lowest BCUT2D eigenvalue weighted by Crippen LogP contribution is -2.28. The second kappa shape index (κ2) is 4.24. The number of benzene rings is 1. The molecule has 0 saturated heterocycles. The molecule has 3 nitrogen and oxygen atoms in total. The van der Waals surface area contributed by atoms with Gasteiger partial charge in [0, 0.05) is 0 Å². The molecule has 0 fully saturated rings. The molecule has 76 valence electrons. The van der Waals surface area contributed by atoms with Gasteiger partial charge in [0.2, 0.25) is 0 Å². The summed E-state index contributed by atoms with van der Waals surface area (Å²) in [4.78, 5) is 10.6. The van der Waals surface area contributed by atoms with Crippen molar-refractivity contribution in [1.29, 1.82) is 0 Å². The summed E-state index contributed by atoms with van der Waals surface area (Å²) in [6.45, 7) is 1.77. The molecular weight excluding hydrogens is 180 g/mol. The van der Waals surface area contributed by atoms with Crippen LogP contribution < -0.4 is 0 Å². The van der Waals surface area contributed by atoms with E-state index in [1.807, 2.05) is 6.07 Å². The molecule has 0 aliphatic carbocycles. The van der Waals surface area contributed by atoms with E-state index in [0.717, 1.165) is 0 Å². The molecule has 0 amide bonds. The number of hydrogen-bond donors (Lipinski definition) is 2. The van der Waals surface area contributed by atoms with E-state index in [-0.39, 0.29) is 6.42 Å². The van der Waals surface area contributed by atoms with Gasteiger partial charge in [-0.2, -0.15) is 0 Å². The van der Waals surface area contributed by atoms with Crippen molar-refractivity contribution in [1.82, 2.24) is 0 Å². The predicted molar refractivity (Wildman–Crippen MR) is 52.9 cm³/mol. The van der Waals surface area contributed by atoms with Crippen molar-refractivity contribution < 1.29 is 15.0 Å². The summed E-state index contributed by atoms with van der Waals surface area (Å²) in [6, 6.07) is 8.90. The highest BCUT2D eigenvalue weighted by Crippen LogP contribution is 2.28. The van der Waals surface area contributed by atoms with E-state index in [1.165, 1.54) is 0 Å². The van der Waals surface area contributed by atoms with Crippen LogP contribution in [0.3, 0.4) is 0 Å². The van der Waals surface area contributed by atoms with Gasteiger partial charge in [0.05, 0.1) is 12.0 Å². The highest BCUT2D eigenvalue weighted by molar-refractivity contribution is 5.68. The Hall–Kier alpha value is -1.35. The second-order valence-corrected chi connectivity index (χ2v) is 3.32. The molecule has 0 aliphatic rings. The SMILES string of the molecule is CC[C@](O)(CC(=O)O)c1ccccc1. The molecule has 0 heterocycles. The topological polar surface area (TPSA) is 57.5 Å². The van der Waals surface area contributed by atoms with Crippen LogP contribution in [0.1, 0.15) is 25.3 Å². The zero-order valence-electron chi connectivity index (χ0n) is 8.10. The monoisotopic (exact) mass is 194 g/mol. The van der Waals surface area contributed by atoms with Crippen molar-refractivity contribution >= 4 is 5.97 Å². The maximum Gasteiger partial charge on any atom is 0.306 e. The smallest absolute Gasteiger partial charge is 0.306 e. The Kier molecular flexibility index (Phi) is 3.25. The van der Waals surface area contributed by atoms with Gasteiger partial charge in [-0.25, -0.2) is 0 Å². The Morgan fingerprint density at radius 1 is 1.36 bits per heavy atom. The maximum atomic E-state index is 10.6. The molecule has 0 aromatic heterocycles. The van der Waals surface area contributed by atoms with Crippen molar-refractivity contribution in [3.05, 3.63) is 35.9 Å². The van der Waals surface area contributed by atoms with Crippen LogP contribution in [0.5, 0.6) is 0 Å². The van der Waals surface area contributed by atoms with E-state index >= 15 is 0 Å². The molecule has 0 saturated carbocycles. The fourth-order valence-electron chi connectivity index (χ4n) is 1.43. The third kappa shape index (κ3) is 2.33. The van der Waals surface area contributed by atoms with Crippen LogP contribution >= 0.6 is 0 Å². The third-order valence-electron chi connectivity index (χ3n) is 2.34. The van der Waals surface area contributed by atoms with E-state index in [2.05, 4.69) is 0 Å². The number of rotatable bonds is 4. The first-order chi connectivity index (χ1) is 6.58. The molecule has 1 aromatic carbocycles. The number of carboxylic acids is 1. The van der Waals surface area contributed by atoms with Gasteiger partial charge in [-0.05, 0) is 12.0 Å². The van der Waals surface area contributed by atoms with Crippen LogP contribution in [0.4, 0.5) is 0 Å². The van der Waals surface area contributed by atoms with E-state index in [1.54, 1.807) is 31.2 Å². The van der Waals surface area contributed by atoms with Crippen molar-refractivity contribution in [3.8, 4) is 0 Å². The van der Waals surface area contributed by atoms with Crippen LogP contribution in [0.15, 0.2) is 30.3 Å². The van der Waals surface area contributed by atoms with Gasteiger partial charge in [-0.3, -0.25) is 4.79 Å². The highest BCUT2D eigenvalue weighted by Gasteiger charge is 2.29. The van der Waals surface area contributed by atoms with Gasteiger partial charge in [0.15, 0.2) is 0 Å². The largest absolute Gasteiger partial charge is 0.481 e. The zero-order valence-corrected chi connectivity index (χ0v) is 8.10. The van der Waals surface area contributed by atoms with Crippen molar-refractivity contribution in [2.24, 2.45) is 0 Å². The quantitative estimate of drug-likeness (QED) is 0.767. The first kappa shape index (κ1) is 10.7. The lowest BCUT2D eigenvalue weighted by atomic mass is 9.88. The Labute approximate surface area is 83.0 Å². The normalized spacial score (nSPS) is 14.7. The van der Waals surface area contributed by atoms with Crippen molar-refractivity contribution in [2.45, 2.75) is 25.4 Å². The fraction of sp³-hybridized carbons (Fsp3) is 0.364. The lowest BCUT2D eigenvalue weighted by molar-refractivity contribution is -0.143. The molecule has 0 bridgehead atoms. The van der Waals surface area contributed by atoms with Crippen molar-refractivity contribution in [3.63, 3.8) is 0 Å². The average Bonchev–Trinajstić information content (AvgIpc) is 2.18. The Morgan fingerprint density at radius 2 is 1.93 bits per heavy atom. The number of carbonyl (C=O) groups is 1. The number of aliphatic hydroxyl groups is 1. The van der Waals surface area contributed by atoms with Gasteiger partial charge in [-0.1, -0.05) is 37.3 Å². The summed E-state index contributed by atoms with van der Waals surface area (Å²) in [5.41, 5.74) is -0.586. The summed E-state index contributed by atoms with van der Waals surface area (Å²) >= 11 is 0. The second-order valence-electron chi connectivity index (χ2n) is 3.32. The Balaban J connectivity index is 2.95. The van der Waals surface area contributed by atoms with Gasteiger partial charge in [0.1, 0.15) is 0 Å². The average molecular weight is 194 g/mol. The minimum absolute atomic E-state index is 0.256. The summed E-state index contributed by atoms with van der Waals surface area (Å²) in [5.74, 6) is -0.988. The molecule has 0 aliphatic heterocycles. The van der Waals surface area contributed by atoms with Gasteiger partial charge >= 0.3 is 5.97 Å². The number of hydrogen-bond acceptors (Lipinski definition) is 2. The van der Waals surface area contributed by atoms with Crippen LogP contribution in [0.2, 0.25) is 0 Å². The van der Waals surface area contributed by atoms with Gasteiger partial charge < -0.3 is 10.2 Å². The minimum atomic E-state index is -1.24. The fourth-order valence-corrected chi connectivity index (χ4v) is 1.43. The van der Waals surface area contributed by atoms with Gasteiger partial charge in [-0.15, -0.1) is 0 Å². The maximum absolute atomic E-state index is 10.6. The molecule has 3 heteroatoms. The van der Waals surface area contributed by atoms with Crippen LogP contribution in [0, 0.1) is 0 Å². The summed E-state index contributed by atoms with van der Waals surface area (Å²) in [6.07, 6.45) is 0.136. The first-order valence-electron chi connectivity index (χ1n) is 4.58. The summed E-state index contributed by atoms with van der Waals surface area (Å²) in [5, 5.41) is 18.8. The molecular formula is C11H14O3. The van der Waals surface area contributed by atoms with E-state index < -0.39 is 11.6 Å². The van der Waals surface area contributed by atoms with Crippen LogP contribution in [0.25, 0.3) is 0 Å². The van der Waals surface area contributed by atoms with E-state index in [4.69, 9.17) is 5.11 Å². The number of aliphatic carboxylic acids is 1. The molecule has 1 rings (SSSR count). The predicted octanol–water partition coefficient (Wildman–Crippen LogP) is 1.76. The van der Waals surface area contributed by atoms with Crippen LogP contribution in [-0.4, -0.2) is 16.2 Å². The molecule has 0 spiro atoms. The zero-order chi connectivity index (χ0) is 10.6. The van der Waals surface area contributed by atoms with E-state index in [9.17, 15) is 9.90 Å². The molecule has 0 unspecified atom stereocenters. The van der Waals surface area contributed by atoms with E-state index in [0.29, 0.717) is 12.0 Å². The lowest BCUT2D eigenvalue weighted by Gasteiger charge is -2.25. The molecule has 14 heavy (non-hydrogen) atoms. The third-order valence-corrected chi connectivity index (χ3v) is 2.34. The standard InChI is InChI=1S/C11H14O3/c1-2-11(14,8-10(12)13)9-6-4-3-5-7-9/h3-7,14H,2,8H2,1H3,(H,12,13)/t11-/m0/s1. The van der Waals surface area contributed by atoms with Crippen molar-refractivity contribution in [2.75, 3.05) is 0 Å². The van der Waals surface area contributed by atoms with Gasteiger partial charge in [0.25, 0.3) is 0 Å². The molecule has 0 radical (unpaired) electrons. The summed E-state index contributed by atoms with van der Waals surface area (Å²) < 4.78 is 0.